The third kappa shape index (κ3) is 1.95. The van der Waals surface area contributed by atoms with Gasteiger partial charge in [0.2, 0.25) is 0 Å². The number of anilines is 1. The fourth-order valence-electron chi connectivity index (χ4n) is 2.31. The lowest BCUT2D eigenvalue weighted by atomic mass is 10.3. The van der Waals surface area contributed by atoms with Crippen molar-refractivity contribution in [2.75, 3.05) is 31.2 Å². The molecule has 0 aromatic carbocycles. The first-order valence-corrected chi connectivity index (χ1v) is 7.44. The minimum absolute atomic E-state index is 0.749. The fraction of sp³-hybridized carbons (Fsp3) is 0.308. The number of fused-ring (bicyclic) bond motifs is 1. The number of morpholine rings is 1. The molecular weight excluding hydrogens is 274 g/mol. The summed E-state index contributed by atoms with van der Waals surface area (Å²) >= 11 is 1.64. The second-order valence-electron chi connectivity index (χ2n) is 4.60. The topological polar surface area (TPSA) is 55.5 Å². The molecule has 0 saturated carbocycles. The van der Waals surface area contributed by atoms with Gasteiger partial charge >= 0.3 is 0 Å². The zero-order chi connectivity index (χ0) is 13.4. The SMILES string of the molecule is c1cc(-c2nnc3ccc(N4CCOCC4)nn23)cs1. The molecule has 20 heavy (non-hydrogen) atoms. The lowest BCUT2D eigenvalue weighted by molar-refractivity contribution is 0.122. The number of rotatable bonds is 2. The molecule has 0 N–H and O–H groups in total. The van der Waals surface area contributed by atoms with Crippen LogP contribution in [0.25, 0.3) is 17.0 Å². The van der Waals surface area contributed by atoms with Crippen molar-refractivity contribution in [3.8, 4) is 11.4 Å². The van der Waals surface area contributed by atoms with E-state index in [0.717, 1.165) is 49.2 Å². The minimum atomic E-state index is 0.749. The van der Waals surface area contributed by atoms with E-state index >= 15 is 0 Å². The molecule has 1 aliphatic rings. The van der Waals surface area contributed by atoms with Crippen molar-refractivity contribution in [3.63, 3.8) is 0 Å². The summed E-state index contributed by atoms with van der Waals surface area (Å²) in [5, 5.41) is 17.2. The van der Waals surface area contributed by atoms with Crippen LogP contribution in [-0.2, 0) is 4.74 Å². The van der Waals surface area contributed by atoms with Crippen LogP contribution in [0.1, 0.15) is 0 Å². The molecule has 4 heterocycles. The second-order valence-corrected chi connectivity index (χ2v) is 5.38. The standard InChI is InChI=1S/C13H13N5OS/c1-2-12(17-4-6-19-7-5-17)16-18-11(1)14-15-13(18)10-3-8-20-9-10/h1-3,8-9H,4-7H2. The van der Waals surface area contributed by atoms with E-state index in [1.54, 1.807) is 11.3 Å². The summed E-state index contributed by atoms with van der Waals surface area (Å²) in [7, 11) is 0. The van der Waals surface area contributed by atoms with E-state index in [-0.39, 0.29) is 0 Å². The van der Waals surface area contributed by atoms with Crippen LogP contribution in [-0.4, -0.2) is 46.1 Å². The Kier molecular flexibility index (Phi) is 2.86. The number of nitrogens with zero attached hydrogens (tertiary/aromatic N) is 5. The molecule has 1 fully saturated rings. The normalized spacial score (nSPS) is 15.9. The maximum absolute atomic E-state index is 5.38. The van der Waals surface area contributed by atoms with E-state index in [2.05, 4.69) is 25.6 Å². The summed E-state index contributed by atoms with van der Waals surface area (Å²) in [5.74, 6) is 1.73. The Hall–Kier alpha value is -1.99. The quantitative estimate of drug-likeness (QED) is 0.718. The lowest BCUT2D eigenvalue weighted by Gasteiger charge is -2.27. The van der Waals surface area contributed by atoms with Gasteiger partial charge in [-0.1, -0.05) is 0 Å². The predicted molar refractivity (Wildman–Crippen MR) is 77.1 cm³/mol. The monoisotopic (exact) mass is 287 g/mol. The average Bonchev–Trinajstić information content (AvgIpc) is 3.16. The predicted octanol–water partition coefficient (Wildman–Crippen LogP) is 1.69. The maximum atomic E-state index is 5.38. The molecule has 6 nitrogen and oxygen atoms in total. The van der Waals surface area contributed by atoms with Gasteiger partial charge in [-0.2, -0.15) is 15.9 Å². The van der Waals surface area contributed by atoms with E-state index in [1.165, 1.54) is 0 Å². The van der Waals surface area contributed by atoms with Crippen molar-refractivity contribution in [2.45, 2.75) is 0 Å². The largest absolute Gasteiger partial charge is 0.378 e. The third-order valence-electron chi connectivity index (χ3n) is 3.36. The molecule has 3 aromatic rings. The van der Waals surface area contributed by atoms with Crippen LogP contribution < -0.4 is 4.90 Å². The van der Waals surface area contributed by atoms with E-state index in [0.29, 0.717) is 0 Å². The van der Waals surface area contributed by atoms with Gasteiger partial charge in [0.25, 0.3) is 0 Å². The van der Waals surface area contributed by atoms with Gasteiger partial charge < -0.3 is 9.64 Å². The molecule has 0 radical (unpaired) electrons. The Morgan fingerprint density at radius 1 is 1.10 bits per heavy atom. The Morgan fingerprint density at radius 3 is 2.80 bits per heavy atom. The van der Waals surface area contributed by atoms with Gasteiger partial charge in [0.15, 0.2) is 11.5 Å². The van der Waals surface area contributed by atoms with Gasteiger partial charge in [-0.15, -0.1) is 15.3 Å². The fourth-order valence-corrected chi connectivity index (χ4v) is 2.95. The molecule has 0 amide bonds. The highest BCUT2D eigenvalue weighted by molar-refractivity contribution is 7.08. The first-order valence-electron chi connectivity index (χ1n) is 6.49. The maximum Gasteiger partial charge on any atom is 0.186 e. The van der Waals surface area contributed by atoms with Crippen molar-refractivity contribution in [3.05, 3.63) is 29.0 Å². The molecule has 0 bridgehead atoms. The number of aromatic nitrogens is 4. The summed E-state index contributed by atoms with van der Waals surface area (Å²) in [6.07, 6.45) is 0. The van der Waals surface area contributed by atoms with Crippen molar-refractivity contribution >= 4 is 22.8 Å². The zero-order valence-electron chi connectivity index (χ0n) is 10.8. The molecule has 7 heteroatoms. The number of hydrogen-bond acceptors (Lipinski definition) is 6. The van der Waals surface area contributed by atoms with Crippen molar-refractivity contribution in [1.29, 1.82) is 0 Å². The van der Waals surface area contributed by atoms with Crippen LogP contribution >= 0.6 is 11.3 Å². The average molecular weight is 287 g/mol. The lowest BCUT2D eigenvalue weighted by Crippen LogP contribution is -2.37. The Labute approximate surface area is 119 Å². The molecule has 102 valence electrons. The Bertz CT molecular complexity index is 718. The summed E-state index contributed by atoms with van der Waals surface area (Å²) < 4.78 is 7.19. The van der Waals surface area contributed by atoms with Crippen LogP contribution in [0.15, 0.2) is 29.0 Å². The van der Waals surface area contributed by atoms with E-state index < -0.39 is 0 Å². The minimum Gasteiger partial charge on any atom is -0.378 e. The molecule has 0 spiro atoms. The molecule has 0 atom stereocenters. The van der Waals surface area contributed by atoms with Gasteiger partial charge in [-0.25, -0.2) is 0 Å². The molecule has 4 rings (SSSR count). The van der Waals surface area contributed by atoms with E-state index in [9.17, 15) is 0 Å². The van der Waals surface area contributed by atoms with E-state index in [4.69, 9.17) is 4.74 Å². The van der Waals surface area contributed by atoms with E-state index in [1.807, 2.05) is 28.1 Å². The molecule has 0 aliphatic carbocycles. The highest BCUT2D eigenvalue weighted by Crippen LogP contribution is 2.21. The highest BCUT2D eigenvalue weighted by atomic mass is 32.1. The summed E-state index contributed by atoms with van der Waals surface area (Å²) in [6.45, 7) is 3.24. The zero-order valence-corrected chi connectivity index (χ0v) is 11.6. The van der Waals surface area contributed by atoms with Gasteiger partial charge in [0.1, 0.15) is 5.82 Å². The number of thiophene rings is 1. The van der Waals surface area contributed by atoms with Crippen molar-refractivity contribution < 1.29 is 4.74 Å². The van der Waals surface area contributed by atoms with Gasteiger partial charge in [0, 0.05) is 24.0 Å². The van der Waals surface area contributed by atoms with Crippen molar-refractivity contribution in [1.82, 2.24) is 19.8 Å². The first kappa shape index (κ1) is 11.8. The number of ether oxygens (including phenoxy) is 1. The van der Waals surface area contributed by atoms with Crippen LogP contribution in [0.2, 0.25) is 0 Å². The first-order chi connectivity index (χ1) is 9.92. The molecule has 3 aromatic heterocycles. The Morgan fingerprint density at radius 2 is 2.00 bits per heavy atom. The molecular formula is C13H13N5OS. The summed E-state index contributed by atoms with van der Waals surface area (Å²) in [5.41, 5.74) is 1.82. The second kappa shape index (κ2) is 4.84. The molecule has 1 aliphatic heterocycles. The van der Waals surface area contributed by atoms with Gasteiger partial charge in [-0.3, -0.25) is 0 Å². The van der Waals surface area contributed by atoms with Crippen LogP contribution in [0.4, 0.5) is 5.82 Å². The van der Waals surface area contributed by atoms with Crippen LogP contribution in [0.3, 0.4) is 0 Å². The summed E-state index contributed by atoms with van der Waals surface area (Å²) in [6, 6.07) is 5.98. The highest BCUT2D eigenvalue weighted by Gasteiger charge is 2.15. The Balaban J connectivity index is 1.79. The van der Waals surface area contributed by atoms with Crippen LogP contribution in [0.5, 0.6) is 0 Å². The molecule has 1 saturated heterocycles. The van der Waals surface area contributed by atoms with Crippen LogP contribution in [0, 0.1) is 0 Å². The summed E-state index contributed by atoms with van der Waals surface area (Å²) in [4.78, 5) is 2.22. The van der Waals surface area contributed by atoms with Gasteiger partial charge in [0.05, 0.1) is 13.2 Å². The molecule has 0 unspecified atom stereocenters. The van der Waals surface area contributed by atoms with Gasteiger partial charge in [-0.05, 0) is 23.6 Å². The van der Waals surface area contributed by atoms with Crippen molar-refractivity contribution in [2.24, 2.45) is 0 Å². The third-order valence-corrected chi connectivity index (χ3v) is 4.05. The number of hydrogen-bond donors (Lipinski definition) is 0. The smallest absolute Gasteiger partial charge is 0.186 e.